The van der Waals surface area contributed by atoms with E-state index in [1.807, 2.05) is 24.3 Å². The quantitative estimate of drug-likeness (QED) is 0.174. The SMILES string of the molecule is c1ccc(-c2nc(-c3ccc(-n4c5ccccc5c5cc6ccccc6cc54)c(-c4cc5ccccc5c5oc6ccccc6c45)c3)nc(-c3cccc4ccccc34)n2)cc1. The third-order valence-corrected chi connectivity index (χ3v) is 12.4. The van der Waals surface area contributed by atoms with Gasteiger partial charge in [-0.25, -0.2) is 15.0 Å². The first kappa shape index (κ1) is 34.5. The summed E-state index contributed by atoms with van der Waals surface area (Å²) in [7, 11) is 0. The van der Waals surface area contributed by atoms with E-state index in [1.165, 1.54) is 21.5 Å². The molecule has 0 saturated carbocycles. The Hall–Kier alpha value is -8.41. The van der Waals surface area contributed by atoms with E-state index in [9.17, 15) is 0 Å². The van der Waals surface area contributed by atoms with Crippen molar-refractivity contribution in [1.82, 2.24) is 19.5 Å². The van der Waals surface area contributed by atoms with Gasteiger partial charge in [-0.1, -0.05) is 158 Å². The zero-order valence-electron chi connectivity index (χ0n) is 33.3. The average Bonchev–Trinajstić information content (AvgIpc) is 3.89. The third kappa shape index (κ3) is 5.32. The number of benzene rings is 10. The minimum atomic E-state index is 0.594. The highest BCUT2D eigenvalue weighted by molar-refractivity contribution is 6.22. The highest BCUT2D eigenvalue weighted by atomic mass is 16.3. The summed E-state index contributed by atoms with van der Waals surface area (Å²) in [5, 5.41) is 11.3. The van der Waals surface area contributed by atoms with Crippen molar-refractivity contribution in [3.05, 3.63) is 206 Å². The van der Waals surface area contributed by atoms with Gasteiger partial charge in [0.2, 0.25) is 0 Å². The summed E-state index contributed by atoms with van der Waals surface area (Å²) in [5.41, 5.74) is 9.90. The number of rotatable bonds is 5. The molecule has 0 atom stereocenters. The van der Waals surface area contributed by atoms with E-state index in [0.717, 1.165) is 88.0 Å². The van der Waals surface area contributed by atoms with Crippen LogP contribution < -0.4 is 0 Å². The van der Waals surface area contributed by atoms with Crippen molar-refractivity contribution >= 4 is 76.1 Å². The second kappa shape index (κ2) is 13.6. The Kier molecular flexibility index (Phi) is 7.54. The van der Waals surface area contributed by atoms with E-state index in [0.29, 0.717) is 17.5 Å². The molecular formula is C57H34N4O. The molecule has 288 valence electrons. The van der Waals surface area contributed by atoms with Crippen LogP contribution in [-0.2, 0) is 0 Å². The molecule has 0 fully saturated rings. The van der Waals surface area contributed by atoms with Gasteiger partial charge < -0.3 is 8.98 Å². The van der Waals surface area contributed by atoms with Gasteiger partial charge in [0.1, 0.15) is 11.2 Å². The summed E-state index contributed by atoms with van der Waals surface area (Å²) in [4.78, 5) is 15.7. The molecule has 5 heteroatoms. The van der Waals surface area contributed by atoms with Gasteiger partial charge >= 0.3 is 0 Å². The lowest BCUT2D eigenvalue weighted by Gasteiger charge is -2.18. The summed E-state index contributed by atoms with van der Waals surface area (Å²) >= 11 is 0. The number of hydrogen-bond donors (Lipinski definition) is 0. The van der Waals surface area contributed by atoms with E-state index >= 15 is 0 Å². The van der Waals surface area contributed by atoms with Gasteiger partial charge in [0.25, 0.3) is 0 Å². The monoisotopic (exact) mass is 790 g/mol. The fourth-order valence-electron chi connectivity index (χ4n) is 9.54. The highest BCUT2D eigenvalue weighted by Crippen LogP contribution is 2.46. The smallest absolute Gasteiger partial charge is 0.164 e. The predicted molar refractivity (Wildman–Crippen MR) is 256 cm³/mol. The second-order valence-electron chi connectivity index (χ2n) is 15.9. The maximum Gasteiger partial charge on any atom is 0.164 e. The van der Waals surface area contributed by atoms with Gasteiger partial charge in [0.05, 0.1) is 16.7 Å². The van der Waals surface area contributed by atoms with Crippen LogP contribution in [0.2, 0.25) is 0 Å². The van der Waals surface area contributed by atoms with Gasteiger partial charge in [0.15, 0.2) is 17.5 Å². The Morgan fingerprint density at radius 2 is 0.968 bits per heavy atom. The van der Waals surface area contributed by atoms with E-state index < -0.39 is 0 Å². The minimum Gasteiger partial charge on any atom is -0.455 e. The van der Waals surface area contributed by atoms with E-state index in [-0.39, 0.29) is 0 Å². The van der Waals surface area contributed by atoms with Crippen molar-refractivity contribution in [1.29, 1.82) is 0 Å². The van der Waals surface area contributed by atoms with E-state index in [2.05, 4.69) is 187 Å². The molecule has 0 saturated heterocycles. The van der Waals surface area contributed by atoms with Gasteiger partial charge in [-0.05, 0) is 81.0 Å². The molecule has 0 aliphatic rings. The fraction of sp³-hybridized carbons (Fsp3) is 0. The minimum absolute atomic E-state index is 0.594. The third-order valence-electron chi connectivity index (χ3n) is 12.4. The number of aromatic nitrogens is 4. The van der Waals surface area contributed by atoms with Crippen LogP contribution in [0.15, 0.2) is 211 Å². The molecule has 0 N–H and O–H groups in total. The van der Waals surface area contributed by atoms with Crippen LogP contribution in [-0.4, -0.2) is 19.5 Å². The van der Waals surface area contributed by atoms with Crippen molar-refractivity contribution in [3.63, 3.8) is 0 Å². The van der Waals surface area contributed by atoms with Gasteiger partial charge in [-0.2, -0.15) is 0 Å². The zero-order valence-corrected chi connectivity index (χ0v) is 33.3. The van der Waals surface area contributed by atoms with Crippen LogP contribution in [0, 0.1) is 0 Å². The van der Waals surface area contributed by atoms with Crippen molar-refractivity contribution in [2.24, 2.45) is 0 Å². The van der Waals surface area contributed by atoms with Crippen LogP contribution in [0.25, 0.3) is 127 Å². The Morgan fingerprint density at radius 1 is 0.339 bits per heavy atom. The molecule has 0 spiro atoms. The molecule has 0 aliphatic heterocycles. The summed E-state index contributed by atoms with van der Waals surface area (Å²) < 4.78 is 9.22. The second-order valence-corrected chi connectivity index (χ2v) is 15.9. The number of hydrogen-bond acceptors (Lipinski definition) is 4. The van der Waals surface area contributed by atoms with Crippen molar-refractivity contribution in [2.75, 3.05) is 0 Å². The summed E-state index contributed by atoms with van der Waals surface area (Å²) in [6.45, 7) is 0. The number of nitrogens with zero attached hydrogens (tertiary/aromatic N) is 4. The first-order chi connectivity index (χ1) is 30.7. The lowest BCUT2D eigenvalue weighted by molar-refractivity contribution is 0.673. The molecule has 62 heavy (non-hydrogen) atoms. The molecule has 0 radical (unpaired) electrons. The van der Waals surface area contributed by atoms with Crippen molar-refractivity contribution in [2.45, 2.75) is 0 Å². The van der Waals surface area contributed by atoms with Crippen molar-refractivity contribution < 1.29 is 4.42 Å². The average molecular weight is 791 g/mol. The first-order valence-electron chi connectivity index (χ1n) is 20.9. The molecule has 5 nitrogen and oxygen atoms in total. The van der Waals surface area contributed by atoms with E-state index in [4.69, 9.17) is 19.4 Å². The highest BCUT2D eigenvalue weighted by Gasteiger charge is 2.23. The number of furan rings is 1. The van der Waals surface area contributed by atoms with Crippen LogP contribution in [0.1, 0.15) is 0 Å². The zero-order chi connectivity index (χ0) is 40.7. The Balaban J connectivity index is 1.15. The molecule has 0 amide bonds. The Labute approximate surface area is 355 Å². The van der Waals surface area contributed by atoms with Crippen LogP contribution in [0.3, 0.4) is 0 Å². The fourth-order valence-corrected chi connectivity index (χ4v) is 9.54. The molecule has 0 aliphatic carbocycles. The van der Waals surface area contributed by atoms with Gasteiger partial charge in [0, 0.05) is 49.2 Å². The lowest BCUT2D eigenvalue weighted by atomic mass is 9.93. The van der Waals surface area contributed by atoms with E-state index in [1.54, 1.807) is 0 Å². The van der Waals surface area contributed by atoms with Gasteiger partial charge in [-0.15, -0.1) is 0 Å². The molecule has 10 aromatic carbocycles. The maximum atomic E-state index is 6.79. The molecule has 13 aromatic rings. The molecule has 3 heterocycles. The Bertz CT molecular complexity index is 3930. The molecule has 13 rings (SSSR count). The maximum absolute atomic E-state index is 6.79. The Morgan fingerprint density at radius 3 is 1.81 bits per heavy atom. The summed E-state index contributed by atoms with van der Waals surface area (Å²) in [6.07, 6.45) is 0. The predicted octanol–water partition coefficient (Wildman–Crippen LogP) is 15.0. The molecule has 3 aromatic heterocycles. The topological polar surface area (TPSA) is 56.7 Å². The standard InChI is InChI=1S/C57H34N4O/c1-2-16-36(17-3-1)55-58-56(60-57(59-55)44-26-14-21-35-15-6-8-22-41(35)44)40-29-30-50(61-49-27-12-10-24-43(49)46-31-37-18-4-5-19-38(37)34-51(46)61)47(33-40)48-32-39-20-7-9-23-42(39)54-53(48)45-25-11-13-28-52(45)62-54/h1-34H. The van der Waals surface area contributed by atoms with Gasteiger partial charge in [-0.3, -0.25) is 0 Å². The number of para-hydroxylation sites is 2. The molecular weight excluding hydrogens is 757 g/mol. The lowest BCUT2D eigenvalue weighted by Crippen LogP contribution is -2.02. The van der Waals surface area contributed by atoms with Crippen molar-refractivity contribution in [3.8, 4) is 51.0 Å². The number of fused-ring (bicyclic) bond motifs is 10. The summed E-state index contributed by atoms with van der Waals surface area (Å²) in [6, 6.07) is 72.8. The van der Waals surface area contributed by atoms with Crippen LogP contribution in [0.4, 0.5) is 0 Å². The largest absolute Gasteiger partial charge is 0.455 e. The normalized spacial score (nSPS) is 11.9. The molecule has 0 bridgehead atoms. The first-order valence-corrected chi connectivity index (χ1v) is 20.9. The van der Waals surface area contributed by atoms with Crippen LogP contribution >= 0.6 is 0 Å². The molecule has 0 unspecified atom stereocenters. The van der Waals surface area contributed by atoms with Crippen LogP contribution in [0.5, 0.6) is 0 Å². The summed E-state index contributed by atoms with van der Waals surface area (Å²) in [5.74, 6) is 1.84.